The highest BCUT2D eigenvalue weighted by Crippen LogP contribution is 2.60. The molecule has 0 radical (unpaired) electrons. The van der Waals surface area contributed by atoms with Gasteiger partial charge in [0.15, 0.2) is 0 Å². The van der Waals surface area contributed by atoms with E-state index in [-0.39, 0.29) is 5.41 Å². The maximum absolute atomic E-state index is 2.62. The first-order valence-electron chi connectivity index (χ1n) is 15.5. The molecule has 2 unspecified atom stereocenters. The topological polar surface area (TPSA) is 0 Å². The molecule has 41 heavy (non-hydrogen) atoms. The molecule has 0 nitrogen and oxygen atoms in total. The standard InChI is InChI=1S/C39H50P2/c1-9-27-39(28-10-2,33(7)40(35-19-11-29(3)12-20-35)36-21-13-30(4)14-22-36)34(8)41(37-23-15-31(5)16-24-37)38-25-17-32(6)18-26-38/h11-26,33-34H,9-10,27-28H2,1-8H3. The van der Waals surface area contributed by atoms with Crippen molar-refractivity contribution in [1.82, 2.24) is 0 Å². The van der Waals surface area contributed by atoms with Crippen LogP contribution in [0, 0.1) is 33.1 Å². The minimum Gasteiger partial charge on any atom is -0.0654 e. The Labute approximate surface area is 253 Å². The summed E-state index contributed by atoms with van der Waals surface area (Å²) < 4.78 is 0. The molecule has 2 atom stereocenters. The van der Waals surface area contributed by atoms with Gasteiger partial charge >= 0.3 is 0 Å². The van der Waals surface area contributed by atoms with Gasteiger partial charge in [-0.1, -0.05) is 160 Å². The fourth-order valence-electron chi connectivity index (χ4n) is 6.77. The lowest BCUT2D eigenvalue weighted by atomic mass is 9.74. The van der Waals surface area contributed by atoms with Crippen molar-refractivity contribution in [3.63, 3.8) is 0 Å². The number of hydrogen-bond donors (Lipinski definition) is 0. The van der Waals surface area contributed by atoms with Crippen molar-refractivity contribution in [2.75, 3.05) is 0 Å². The number of hydrogen-bond acceptors (Lipinski definition) is 0. The average Bonchev–Trinajstić information content (AvgIpc) is 2.97. The van der Waals surface area contributed by atoms with Gasteiger partial charge in [-0.3, -0.25) is 0 Å². The summed E-state index contributed by atoms with van der Waals surface area (Å²) >= 11 is 0. The molecule has 0 aliphatic rings. The normalized spacial score (nSPS) is 13.5. The lowest BCUT2D eigenvalue weighted by Crippen LogP contribution is -2.45. The van der Waals surface area contributed by atoms with Crippen LogP contribution in [0.4, 0.5) is 0 Å². The van der Waals surface area contributed by atoms with E-state index < -0.39 is 15.8 Å². The largest absolute Gasteiger partial charge is 0.0654 e. The molecule has 4 rings (SSSR count). The van der Waals surface area contributed by atoms with E-state index in [1.165, 1.54) is 69.2 Å². The molecule has 0 heterocycles. The molecule has 0 N–H and O–H groups in total. The van der Waals surface area contributed by atoms with E-state index in [1.54, 1.807) is 0 Å². The number of aryl methyl sites for hydroxylation is 4. The van der Waals surface area contributed by atoms with E-state index in [9.17, 15) is 0 Å². The zero-order chi connectivity index (χ0) is 29.6. The van der Waals surface area contributed by atoms with Crippen LogP contribution in [0.2, 0.25) is 0 Å². The van der Waals surface area contributed by atoms with Crippen LogP contribution >= 0.6 is 15.8 Å². The highest BCUT2D eigenvalue weighted by atomic mass is 31.1. The number of rotatable bonds is 12. The molecule has 0 aliphatic heterocycles. The summed E-state index contributed by atoms with van der Waals surface area (Å²) in [5.41, 5.74) is 6.64. The first kappa shape index (κ1) is 31.7. The predicted molar refractivity (Wildman–Crippen MR) is 188 cm³/mol. The molecule has 0 fully saturated rings. The third-order valence-electron chi connectivity index (χ3n) is 9.12. The zero-order valence-electron chi connectivity index (χ0n) is 26.6. The Morgan fingerprint density at radius 3 is 0.854 bits per heavy atom. The first-order valence-corrected chi connectivity index (χ1v) is 18.4. The van der Waals surface area contributed by atoms with Gasteiger partial charge in [-0.25, -0.2) is 0 Å². The van der Waals surface area contributed by atoms with Gasteiger partial charge < -0.3 is 0 Å². The van der Waals surface area contributed by atoms with Gasteiger partial charge in [-0.05, 0) is 94.3 Å². The van der Waals surface area contributed by atoms with E-state index in [2.05, 4.69) is 152 Å². The molecule has 0 saturated carbocycles. The van der Waals surface area contributed by atoms with Crippen LogP contribution in [0.5, 0.6) is 0 Å². The molecule has 0 aliphatic carbocycles. The Kier molecular flexibility index (Phi) is 11.0. The smallest absolute Gasteiger partial charge is 0.00944 e. The molecule has 216 valence electrons. The highest BCUT2D eigenvalue weighted by Gasteiger charge is 2.47. The van der Waals surface area contributed by atoms with Crippen LogP contribution in [-0.2, 0) is 0 Å². The molecule has 0 aromatic heterocycles. The minimum absolute atomic E-state index is 0.215. The van der Waals surface area contributed by atoms with Crippen LogP contribution in [-0.4, -0.2) is 11.3 Å². The lowest BCUT2D eigenvalue weighted by Gasteiger charge is -2.50. The monoisotopic (exact) mass is 580 g/mol. The third kappa shape index (κ3) is 7.22. The molecular weight excluding hydrogens is 530 g/mol. The molecular formula is C39H50P2. The van der Waals surface area contributed by atoms with Crippen molar-refractivity contribution in [3.8, 4) is 0 Å². The molecule has 2 heteroatoms. The Hall–Kier alpha value is -2.26. The number of benzene rings is 4. The van der Waals surface area contributed by atoms with Gasteiger partial charge in [0.05, 0.1) is 0 Å². The lowest BCUT2D eigenvalue weighted by molar-refractivity contribution is 0.228. The summed E-state index contributed by atoms with van der Waals surface area (Å²) in [5.74, 6) is 0. The summed E-state index contributed by atoms with van der Waals surface area (Å²) in [6.07, 6.45) is 4.95. The van der Waals surface area contributed by atoms with Crippen molar-refractivity contribution >= 4 is 37.1 Å². The summed E-state index contributed by atoms with van der Waals surface area (Å²) in [5, 5.41) is 6.06. The van der Waals surface area contributed by atoms with E-state index in [0.29, 0.717) is 11.3 Å². The Morgan fingerprint density at radius 1 is 0.439 bits per heavy atom. The minimum atomic E-state index is -0.543. The average molecular weight is 581 g/mol. The summed E-state index contributed by atoms with van der Waals surface area (Å²) in [6.45, 7) is 18.9. The van der Waals surface area contributed by atoms with Gasteiger partial charge in [0.2, 0.25) is 0 Å². The van der Waals surface area contributed by atoms with Crippen LogP contribution < -0.4 is 21.2 Å². The van der Waals surface area contributed by atoms with Crippen LogP contribution in [0.15, 0.2) is 97.1 Å². The zero-order valence-corrected chi connectivity index (χ0v) is 28.4. The van der Waals surface area contributed by atoms with Crippen LogP contribution in [0.3, 0.4) is 0 Å². The second kappa shape index (κ2) is 14.3. The van der Waals surface area contributed by atoms with E-state index >= 15 is 0 Å². The Balaban J connectivity index is 1.92. The van der Waals surface area contributed by atoms with Crippen LogP contribution in [0.1, 0.15) is 75.6 Å². The first-order chi connectivity index (χ1) is 19.7. The summed E-state index contributed by atoms with van der Waals surface area (Å²) in [7, 11) is -1.09. The van der Waals surface area contributed by atoms with Gasteiger partial charge in [-0.15, -0.1) is 0 Å². The van der Waals surface area contributed by atoms with E-state index in [1.807, 2.05) is 0 Å². The van der Waals surface area contributed by atoms with Gasteiger partial charge in [0.1, 0.15) is 0 Å². The molecule has 4 aromatic rings. The third-order valence-corrected chi connectivity index (χ3v) is 15.1. The molecule has 0 saturated heterocycles. The van der Waals surface area contributed by atoms with Gasteiger partial charge in [0.25, 0.3) is 0 Å². The Bertz CT molecular complexity index is 1150. The van der Waals surface area contributed by atoms with Crippen molar-refractivity contribution < 1.29 is 0 Å². The molecule has 4 aromatic carbocycles. The highest BCUT2D eigenvalue weighted by molar-refractivity contribution is 7.74. The maximum Gasteiger partial charge on any atom is -0.00944 e. The molecule has 0 bridgehead atoms. The van der Waals surface area contributed by atoms with Crippen molar-refractivity contribution in [3.05, 3.63) is 119 Å². The quantitative estimate of drug-likeness (QED) is 0.146. The SMILES string of the molecule is CCCC(CCC)(C(C)P(c1ccc(C)cc1)c1ccc(C)cc1)C(C)P(c1ccc(C)cc1)c1ccc(C)cc1. The molecule has 0 spiro atoms. The predicted octanol–water partition coefficient (Wildman–Crippen LogP) is 9.85. The summed E-state index contributed by atoms with van der Waals surface area (Å²) in [4.78, 5) is 0. The second-order valence-electron chi connectivity index (χ2n) is 12.2. The van der Waals surface area contributed by atoms with E-state index in [4.69, 9.17) is 0 Å². The van der Waals surface area contributed by atoms with Gasteiger partial charge in [-0.2, -0.15) is 0 Å². The van der Waals surface area contributed by atoms with Crippen LogP contribution in [0.25, 0.3) is 0 Å². The maximum atomic E-state index is 2.62. The van der Waals surface area contributed by atoms with E-state index in [0.717, 1.165) is 0 Å². The molecule has 0 amide bonds. The second-order valence-corrected chi connectivity index (χ2v) is 17.3. The Morgan fingerprint density at radius 2 is 0.659 bits per heavy atom. The van der Waals surface area contributed by atoms with Gasteiger partial charge in [0, 0.05) is 0 Å². The fourth-order valence-corrected chi connectivity index (χ4v) is 13.1. The van der Waals surface area contributed by atoms with Crippen molar-refractivity contribution in [2.24, 2.45) is 5.41 Å². The van der Waals surface area contributed by atoms with Crippen molar-refractivity contribution in [2.45, 2.75) is 92.4 Å². The fraction of sp³-hybridized carbons (Fsp3) is 0.385. The van der Waals surface area contributed by atoms with Crippen molar-refractivity contribution in [1.29, 1.82) is 0 Å². The summed E-state index contributed by atoms with van der Waals surface area (Å²) in [6, 6.07) is 38.0.